The molecule has 8 nitrogen and oxygen atoms in total. The van der Waals surface area contributed by atoms with Gasteiger partial charge in [-0.3, -0.25) is 9.59 Å². The molecule has 3 aromatic heterocycles. The normalized spacial score (nSPS) is 11.0. The Labute approximate surface area is 190 Å². The standard InChI is InChI=1S/C22H18F2N4O4S/c1-11-18(29)14(7-12-3-4-15(23)16(24)8-12)21(31)28-22(11)33-20(27-28)19(30)26-10-13-5-6-25-17(9-13)32-2/h3-6,8-9,29H,7,10H2,1-2H3,(H,26,30). The smallest absolute Gasteiger partial charge is 0.282 e. The topological polar surface area (TPSA) is 106 Å². The van der Waals surface area contributed by atoms with Gasteiger partial charge in [0.2, 0.25) is 10.9 Å². The Morgan fingerprint density at radius 1 is 1.21 bits per heavy atom. The second-order valence-corrected chi connectivity index (χ2v) is 8.17. The first-order valence-electron chi connectivity index (χ1n) is 9.73. The van der Waals surface area contributed by atoms with Gasteiger partial charge in [-0.05, 0) is 36.2 Å². The maximum Gasteiger partial charge on any atom is 0.282 e. The largest absolute Gasteiger partial charge is 0.507 e. The fourth-order valence-corrected chi connectivity index (χ4v) is 4.19. The molecule has 0 aliphatic carbocycles. The Morgan fingerprint density at radius 3 is 2.73 bits per heavy atom. The fourth-order valence-electron chi connectivity index (χ4n) is 3.26. The number of hydrogen-bond donors (Lipinski definition) is 2. The Bertz CT molecular complexity index is 1430. The molecular weight excluding hydrogens is 454 g/mol. The number of nitrogens with zero attached hydrogens (tertiary/aromatic N) is 3. The van der Waals surface area contributed by atoms with Gasteiger partial charge in [-0.15, -0.1) is 5.10 Å². The molecule has 1 aromatic carbocycles. The highest BCUT2D eigenvalue weighted by Crippen LogP contribution is 2.28. The van der Waals surface area contributed by atoms with Crippen molar-refractivity contribution in [3.8, 4) is 11.6 Å². The zero-order valence-electron chi connectivity index (χ0n) is 17.6. The van der Waals surface area contributed by atoms with E-state index in [9.17, 15) is 23.5 Å². The zero-order valence-corrected chi connectivity index (χ0v) is 18.4. The third-order valence-corrected chi connectivity index (χ3v) is 6.14. The SMILES string of the molecule is COc1cc(CNC(=O)c2nn3c(=O)c(Cc4ccc(F)c(F)c4)c(O)c(C)c3s2)ccn1. The first-order chi connectivity index (χ1) is 15.8. The average Bonchev–Trinajstić information content (AvgIpc) is 3.27. The number of aromatic nitrogens is 3. The van der Waals surface area contributed by atoms with Crippen molar-refractivity contribution >= 4 is 22.1 Å². The lowest BCUT2D eigenvalue weighted by Gasteiger charge is -2.08. The molecule has 2 N–H and O–H groups in total. The second kappa shape index (κ2) is 8.94. The minimum absolute atomic E-state index is 0.0283. The van der Waals surface area contributed by atoms with Gasteiger partial charge in [0.25, 0.3) is 11.5 Å². The van der Waals surface area contributed by atoms with Gasteiger partial charge in [0, 0.05) is 30.8 Å². The van der Waals surface area contributed by atoms with Crippen molar-refractivity contribution in [2.24, 2.45) is 0 Å². The van der Waals surface area contributed by atoms with E-state index in [1.165, 1.54) is 13.2 Å². The van der Waals surface area contributed by atoms with Crippen molar-refractivity contribution < 1.29 is 23.4 Å². The number of carbonyl (C=O) groups excluding carboxylic acids is 1. The molecule has 0 atom stereocenters. The van der Waals surface area contributed by atoms with Crippen LogP contribution in [-0.4, -0.2) is 32.7 Å². The molecule has 33 heavy (non-hydrogen) atoms. The number of pyridine rings is 2. The first kappa shape index (κ1) is 22.3. The molecule has 0 spiro atoms. The number of benzene rings is 1. The summed E-state index contributed by atoms with van der Waals surface area (Å²) in [6, 6.07) is 6.64. The van der Waals surface area contributed by atoms with E-state index in [2.05, 4.69) is 15.4 Å². The molecule has 0 fully saturated rings. The molecule has 0 saturated carbocycles. The van der Waals surface area contributed by atoms with E-state index in [4.69, 9.17) is 4.74 Å². The van der Waals surface area contributed by atoms with Crippen molar-refractivity contribution in [1.82, 2.24) is 19.9 Å². The number of fused-ring (bicyclic) bond motifs is 1. The Morgan fingerprint density at radius 2 is 2.00 bits per heavy atom. The van der Waals surface area contributed by atoms with Gasteiger partial charge >= 0.3 is 0 Å². The summed E-state index contributed by atoms with van der Waals surface area (Å²) in [5.41, 5.74) is 0.740. The second-order valence-electron chi connectivity index (χ2n) is 7.20. The number of aromatic hydroxyl groups is 1. The van der Waals surface area contributed by atoms with E-state index in [0.717, 1.165) is 33.5 Å². The van der Waals surface area contributed by atoms with Crippen LogP contribution in [0.3, 0.4) is 0 Å². The minimum Gasteiger partial charge on any atom is -0.507 e. The van der Waals surface area contributed by atoms with Crippen LogP contribution in [0.1, 0.15) is 32.1 Å². The lowest BCUT2D eigenvalue weighted by molar-refractivity contribution is 0.0949. The molecule has 0 aliphatic rings. The number of aryl methyl sites for hydroxylation is 1. The third-order valence-electron chi connectivity index (χ3n) is 5.01. The van der Waals surface area contributed by atoms with Crippen LogP contribution in [0.25, 0.3) is 4.83 Å². The summed E-state index contributed by atoms with van der Waals surface area (Å²) in [4.78, 5) is 29.9. The minimum atomic E-state index is -1.05. The molecule has 4 aromatic rings. The number of carbonyl (C=O) groups is 1. The highest BCUT2D eigenvalue weighted by Gasteiger charge is 2.21. The Kier molecular flexibility index (Phi) is 6.05. The van der Waals surface area contributed by atoms with Crippen LogP contribution in [0.5, 0.6) is 11.6 Å². The van der Waals surface area contributed by atoms with Crippen LogP contribution < -0.4 is 15.6 Å². The molecule has 1 amide bonds. The Balaban J connectivity index is 1.63. The van der Waals surface area contributed by atoms with Gasteiger partial charge in [0.1, 0.15) is 10.6 Å². The monoisotopic (exact) mass is 472 g/mol. The summed E-state index contributed by atoms with van der Waals surface area (Å²) >= 11 is 0.956. The summed E-state index contributed by atoms with van der Waals surface area (Å²) in [6.07, 6.45) is 1.42. The van der Waals surface area contributed by atoms with Crippen LogP contribution in [-0.2, 0) is 13.0 Å². The van der Waals surface area contributed by atoms with Crippen molar-refractivity contribution in [1.29, 1.82) is 0 Å². The van der Waals surface area contributed by atoms with E-state index in [0.29, 0.717) is 21.8 Å². The number of halogens is 2. The molecular formula is C22H18F2N4O4S. The van der Waals surface area contributed by atoms with E-state index in [1.54, 1.807) is 25.3 Å². The fraction of sp³-hybridized carbons (Fsp3) is 0.182. The van der Waals surface area contributed by atoms with Gasteiger partial charge in [0.15, 0.2) is 11.6 Å². The number of rotatable bonds is 6. The van der Waals surface area contributed by atoms with Gasteiger partial charge < -0.3 is 15.2 Å². The number of nitrogens with one attached hydrogen (secondary N) is 1. The zero-order chi connectivity index (χ0) is 23.7. The van der Waals surface area contributed by atoms with Gasteiger partial charge in [0.05, 0.1) is 12.7 Å². The van der Waals surface area contributed by atoms with Gasteiger partial charge in [-0.25, -0.2) is 13.8 Å². The van der Waals surface area contributed by atoms with E-state index < -0.39 is 23.1 Å². The van der Waals surface area contributed by atoms with E-state index >= 15 is 0 Å². The van der Waals surface area contributed by atoms with Crippen molar-refractivity contribution in [3.05, 3.63) is 85.8 Å². The lowest BCUT2D eigenvalue weighted by Crippen LogP contribution is -2.24. The van der Waals surface area contributed by atoms with Gasteiger partial charge in [-0.1, -0.05) is 17.4 Å². The summed E-state index contributed by atoms with van der Waals surface area (Å²) in [6.45, 7) is 1.77. The average molecular weight is 472 g/mol. The van der Waals surface area contributed by atoms with Crippen molar-refractivity contribution in [3.63, 3.8) is 0 Å². The predicted molar refractivity (Wildman–Crippen MR) is 117 cm³/mol. The van der Waals surface area contributed by atoms with Gasteiger partial charge in [-0.2, -0.15) is 4.52 Å². The third kappa shape index (κ3) is 4.40. The van der Waals surface area contributed by atoms with Crippen LogP contribution in [0.15, 0.2) is 41.3 Å². The maximum atomic E-state index is 13.6. The highest BCUT2D eigenvalue weighted by molar-refractivity contribution is 7.19. The molecule has 0 saturated heterocycles. The molecule has 0 unspecified atom stereocenters. The molecule has 0 aliphatic heterocycles. The summed E-state index contributed by atoms with van der Waals surface area (Å²) < 4.78 is 32.9. The summed E-state index contributed by atoms with van der Waals surface area (Å²) in [7, 11) is 1.49. The molecule has 11 heteroatoms. The van der Waals surface area contributed by atoms with Crippen molar-refractivity contribution in [2.45, 2.75) is 19.9 Å². The molecule has 3 heterocycles. The number of ether oxygens (including phenoxy) is 1. The Hall–Kier alpha value is -3.86. The molecule has 0 radical (unpaired) electrons. The van der Waals surface area contributed by atoms with Crippen molar-refractivity contribution in [2.75, 3.05) is 7.11 Å². The lowest BCUT2D eigenvalue weighted by atomic mass is 10.0. The van der Waals surface area contributed by atoms with E-state index in [1.807, 2.05) is 0 Å². The molecule has 4 rings (SSSR count). The van der Waals surface area contributed by atoms with E-state index in [-0.39, 0.29) is 29.3 Å². The number of amides is 1. The molecule has 0 bridgehead atoms. The maximum absolute atomic E-state index is 13.6. The number of methoxy groups -OCH3 is 1. The highest BCUT2D eigenvalue weighted by atomic mass is 32.1. The number of hydrogen-bond acceptors (Lipinski definition) is 7. The quantitative estimate of drug-likeness (QED) is 0.447. The van der Waals surface area contributed by atoms with Crippen LogP contribution in [0.2, 0.25) is 0 Å². The van der Waals surface area contributed by atoms with Crippen LogP contribution in [0, 0.1) is 18.6 Å². The first-order valence-corrected chi connectivity index (χ1v) is 10.6. The summed E-state index contributed by atoms with van der Waals surface area (Å²) in [5.74, 6) is -2.42. The van der Waals surface area contributed by atoms with Crippen LogP contribution in [0.4, 0.5) is 8.78 Å². The summed E-state index contributed by atoms with van der Waals surface area (Å²) in [5, 5.41) is 17.5. The van der Waals surface area contributed by atoms with Crippen LogP contribution >= 0.6 is 11.3 Å². The predicted octanol–water partition coefficient (Wildman–Crippen LogP) is 2.97. The molecule has 170 valence electrons.